The maximum Gasteiger partial charge on any atom is 0.145 e. The number of carbonyl (C=O) groups excluding carboxylic acids is 1. The van der Waals surface area contributed by atoms with Crippen LogP contribution in [0.1, 0.15) is 51.5 Å². The molecule has 0 N–H and O–H groups in total. The minimum Gasteiger partial charge on any atom is -0.488 e. The number of unbranched alkanes of at least 4 members (excludes halogenated alkanes) is 1. The number of carbonyl (C=O) groups is 1. The van der Waals surface area contributed by atoms with Crippen molar-refractivity contribution in [1.82, 2.24) is 0 Å². The molecule has 0 radical (unpaired) electrons. The monoisotopic (exact) mass is 275 g/mol. The van der Waals surface area contributed by atoms with Crippen molar-refractivity contribution in [3.8, 4) is 5.75 Å². The largest absolute Gasteiger partial charge is 0.488 e. The van der Waals surface area contributed by atoms with E-state index in [0.717, 1.165) is 30.6 Å². The Kier molecular flexibility index (Phi) is 7.63. The highest BCUT2D eigenvalue weighted by molar-refractivity contribution is 5.68. The molecule has 0 aromatic heterocycles. The van der Waals surface area contributed by atoms with Crippen molar-refractivity contribution in [3.63, 3.8) is 0 Å². The summed E-state index contributed by atoms with van der Waals surface area (Å²) >= 11 is 0. The average molecular weight is 275 g/mol. The third-order valence-corrected chi connectivity index (χ3v) is 3.18. The number of aryl methyl sites for hydroxylation is 1. The first-order valence-corrected chi connectivity index (χ1v) is 7.41. The van der Waals surface area contributed by atoms with E-state index in [0.29, 0.717) is 6.10 Å². The number of benzene rings is 1. The van der Waals surface area contributed by atoms with Crippen LogP contribution in [0.2, 0.25) is 0 Å². The van der Waals surface area contributed by atoms with Gasteiger partial charge in [0.1, 0.15) is 17.7 Å². The molecule has 0 spiro atoms. The van der Waals surface area contributed by atoms with Crippen molar-refractivity contribution in [1.29, 1.82) is 0 Å². The van der Waals surface area contributed by atoms with Crippen molar-refractivity contribution in [3.05, 3.63) is 23.8 Å². The summed E-state index contributed by atoms with van der Waals surface area (Å²) in [6.07, 6.45) is 8.99. The van der Waals surface area contributed by atoms with Crippen LogP contribution in [0.5, 0.6) is 5.75 Å². The topological polar surface area (TPSA) is 38.7 Å². The SMILES string of the molecule is CC=O.CCCC=Nc1c(C)cccc1OC1CCC1. The number of hydrogen-bond acceptors (Lipinski definition) is 3. The lowest BCUT2D eigenvalue weighted by atomic mass is 9.96. The zero-order valence-electron chi connectivity index (χ0n) is 12.8. The number of para-hydroxylation sites is 1. The van der Waals surface area contributed by atoms with Gasteiger partial charge in [-0.15, -0.1) is 0 Å². The molecule has 2 rings (SSSR count). The molecule has 0 atom stereocenters. The van der Waals surface area contributed by atoms with Gasteiger partial charge in [-0.25, -0.2) is 0 Å². The highest BCUT2D eigenvalue weighted by Gasteiger charge is 2.20. The molecule has 0 saturated heterocycles. The summed E-state index contributed by atoms with van der Waals surface area (Å²) in [5.74, 6) is 0.946. The fraction of sp³-hybridized carbons (Fsp3) is 0.529. The molecule has 1 saturated carbocycles. The van der Waals surface area contributed by atoms with E-state index in [1.165, 1.54) is 31.7 Å². The summed E-state index contributed by atoms with van der Waals surface area (Å²) in [4.78, 5) is 13.4. The standard InChI is InChI=1S/C15H21NO.C2H4O/c1-3-4-11-16-15-12(2)7-5-10-14(15)17-13-8-6-9-13;1-2-3/h5,7,10-11,13H,3-4,6,8-9H2,1-2H3;2H,1H3. The van der Waals surface area contributed by atoms with Gasteiger partial charge in [-0.1, -0.05) is 25.5 Å². The molecular formula is C17H25NO2. The Morgan fingerprint density at radius 3 is 2.65 bits per heavy atom. The quantitative estimate of drug-likeness (QED) is 0.580. The highest BCUT2D eigenvalue weighted by Crippen LogP contribution is 2.34. The van der Waals surface area contributed by atoms with E-state index in [2.05, 4.69) is 24.9 Å². The Labute approximate surface area is 122 Å². The molecule has 0 unspecified atom stereocenters. The van der Waals surface area contributed by atoms with Crippen molar-refractivity contribution < 1.29 is 9.53 Å². The molecule has 1 aromatic carbocycles. The van der Waals surface area contributed by atoms with Crippen LogP contribution in [-0.2, 0) is 4.79 Å². The van der Waals surface area contributed by atoms with E-state index < -0.39 is 0 Å². The van der Waals surface area contributed by atoms with Crippen LogP contribution >= 0.6 is 0 Å². The summed E-state index contributed by atoms with van der Waals surface area (Å²) in [5.41, 5.74) is 2.20. The third-order valence-electron chi connectivity index (χ3n) is 3.18. The second-order valence-corrected chi connectivity index (χ2v) is 4.93. The summed E-state index contributed by atoms with van der Waals surface area (Å²) in [7, 11) is 0. The lowest BCUT2D eigenvalue weighted by Gasteiger charge is -2.27. The van der Waals surface area contributed by atoms with Gasteiger partial charge in [-0.2, -0.15) is 0 Å². The van der Waals surface area contributed by atoms with Gasteiger partial charge < -0.3 is 9.53 Å². The van der Waals surface area contributed by atoms with Crippen molar-refractivity contribution in [2.75, 3.05) is 0 Å². The van der Waals surface area contributed by atoms with Crippen LogP contribution < -0.4 is 4.74 Å². The summed E-state index contributed by atoms with van der Waals surface area (Å²) in [5, 5.41) is 0. The zero-order chi connectivity index (χ0) is 14.8. The maximum absolute atomic E-state index is 8.81. The first kappa shape index (κ1) is 16.4. The minimum absolute atomic E-state index is 0.414. The lowest BCUT2D eigenvalue weighted by Crippen LogP contribution is -2.24. The maximum atomic E-state index is 8.81. The smallest absolute Gasteiger partial charge is 0.145 e. The molecular weight excluding hydrogens is 250 g/mol. The van der Waals surface area contributed by atoms with E-state index in [-0.39, 0.29) is 0 Å². The Bertz CT molecular complexity index is 437. The van der Waals surface area contributed by atoms with Gasteiger partial charge in [-0.3, -0.25) is 4.99 Å². The molecule has 3 heteroatoms. The highest BCUT2D eigenvalue weighted by atomic mass is 16.5. The van der Waals surface area contributed by atoms with Gasteiger partial charge in [0, 0.05) is 6.21 Å². The molecule has 0 bridgehead atoms. The van der Waals surface area contributed by atoms with Crippen LogP contribution in [-0.4, -0.2) is 18.6 Å². The van der Waals surface area contributed by atoms with E-state index >= 15 is 0 Å². The van der Waals surface area contributed by atoms with E-state index in [4.69, 9.17) is 9.53 Å². The number of ether oxygens (including phenoxy) is 1. The molecule has 1 aliphatic rings. The fourth-order valence-corrected chi connectivity index (χ4v) is 1.85. The molecule has 1 fully saturated rings. The molecule has 0 amide bonds. The van der Waals surface area contributed by atoms with Gasteiger partial charge in [0.25, 0.3) is 0 Å². The molecule has 0 aliphatic heterocycles. The van der Waals surface area contributed by atoms with E-state index in [9.17, 15) is 0 Å². The van der Waals surface area contributed by atoms with Crippen LogP contribution in [0.25, 0.3) is 0 Å². The van der Waals surface area contributed by atoms with Crippen molar-refractivity contribution in [2.45, 2.75) is 59.0 Å². The molecule has 1 aromatic rings. The molecule has 0 heterocycles. The van der Waals surface area contributed by atoms with Crippen molar-refractivity contribution >= 4 is 18.2 Å². The Hall–Kier alpha value is -1.64. The molecule has 1 aliphatic carbocycles. The Morgan fingerprint density at radius 2 is 2.10 bits per heavy atom. The first-order chi connectivity index (χ1) is 9.72. The number of rotatable bonds is 5. The fourth-order valence-electron chi connectivity index (χ4n) is 1.85. The second-order valence-electron chi connectivity index (χ2n) is 4.93. The van der Waals surface area contributed by atoms with Crippen LogP contribution in [0.4, 0.5) is 5.69 Å². The van der Waals surface area contributed by atoms with Crippen LogP contribution in [0, 0.1) is 6.92 Å². The van der Waals surface area contributed by atoms with Crippen LogP contribution in [0.15, 0.2) is 23.2 Å². The summed E-state index contributed by atoms with van der Waals surface area (Å²) < 4.78 is 5.98. The van der Waals surface area contributed by atoms with Gasteiger partial charge >= 0.3 is 0 Å². The zero-order valence-corrected chi connectivity index (χ0v) is 12.8. The number of aliphatic imine (C=N–C) groups is 1. The minimum atomic E-state index is 0.414. The van der Waals surface area contributed by atoms with Gasteiger partial charge in [0.15, 0.2) is 0 Å². The van der Waals surface area contributed by atoms with E-state index in [1.807, 2.05) is 18.3 Å². The second kappa shape index (κ2) is 9.29. The van der Waals surface area contributed by atoms with Gasteiger partial charge in [-0.05, 0) is 51.2 Å². The molecule has 110 valence electrons. The average Bonchev–Trinajstić information content (AvgIpc) is 2.38. The third kappa shape index (κ3) is 5.16. The predicted octanol–water partition coefficient (Wildman–Crippen LogP) is 4.63. The van der Waals surface area contributed by atoms with Crippen molar-refractivity contribution in [2.24, 2.45) is 4.99 Å². The van der Waals surface area contributed by atoms with Crippen LogP contribution in [0.3, 0.4) is 0 Å². The van der Waals surface area contributed by atoms with Gasteiger partial charge in [0.05, 0.1) is 6.10 Å². The number of hydrogen-bond donors (Lipinski definition) is 0. The Balaban J connectivity index is 0.000000612. The number of nitrogens with zero attached hydrogens (tertiary/aromatic N) is 1. The summed E-state index contributed by atoms with van der Waals surface area (Å²) in [6.45, 7) is 5.70. The van der Waals surface area contributed by atoms with E-state index in [1.54, 1.807) is 0 Å². The molecule has 3 nitrogen and oxygen atoms in total. The predicted molar refractivity (Wildman–Crippen MR) is 84.2 cm³/mol. The normalized spacial score (nSPS) is 14.3. The lowest BCUT2D eigenvalue weighted by molar-refractivity contribution is -0.106. The first-order valence-electron chi connectivity index (χ1n) is 7.41. The molecule has 20 heavy (non-hydrogen) atoms. The Morgan fingerprint density at radius 1 is 1.40 bits per heavy atom. The summed E-state index contributed by atoms with van der Waals surface area (Å²) in [6, 6.07) is 6.17. The number of aldehydes is 1. The van der Waals surface area contributed by atoms with Gasteiger partial charge in [0.2, 0.25) is 0 Å².